The molecule has 1 unspecified atom stereocenters. The number of anilines is 1. The van der Waals surface area contributed by atoms with Crippen LogP contribution in [0.5, 0.6) is 0 Å². The number of amides is 1. The van der Waals surface area contributed by atoms with E-state index < -0.39 is 18.0 Å². The van der Waals surface area contributed by atoms with Crippen molar-refractivity contribution in [1.82, 2.24) is 5.16 Å². The van der Waals surface area contributed by atoms with E-state index in [1.165, 1.54) is 18.2 Å². The van der Waals surface area contributed by atoms with Crippen molar-refractivity contribution in [3.05, 3.63) is 81.5 Å². The first-order valence-electron chi connectivity index (χ1n) is 7.89. The molecule has 0 saturated heterocycles. The lowest BCUT2D eigenvalue weighted by molar-refractivity contribution is -0.125. The van der Waals surface area contributed by atoms with E-state index in [-0.39, 0.29) is 16.4 Å². The Bertz CT molecular complexity index is 973. The van der Waals surface area contributed by atoms with E-state index in [2.05, 4.69) is 10.5 Å². The third-order valence-electron chi connectivity index (χ3n) is 3.60. The van der Waals surface area contributed by atoms with Gasteiger partial charge >= 0.3 is 5.97 Å². The summed E-state index contributed by atoms with van der Waals surface area (Å²) in [5, 5.41) is 6.81. The summed E-state index contributed by atoms with van der Waals surface area (Å²) < 4.78 is 10.4. The highest BCUT2D eigenvalue weighted by atomic mass is 35.5. The summed E-state index contributed by atoms with van der Waals surface area (Å²) in [6, 6.07) is 14.5. The molecule has 0 spiro atoms. The number of aryl methyl sites for hydroxylation is 1. The Hall–Kier alpha value is -2.83. The van der Waals surface area contributed by atoms with E-state index in [0.29, 0.717) is 16.3 Å². The first-order chi connectivity index (χ1) is 12.9. The summed E-state index contributed by atoms with van der Waals surface area (Å²) in [5.74, 6) is -0.518. The number of benzene rings is 2. The molecule has 27 heavy (non-hydrogen) atoms. The predicted molar refractivity (Wildman–Crippen MR) is 101 cm³/mol. The van der Waals surface area contributed by atoms with Crippen molar-refractivity contribution < 1.29 is 18.8 Å². The van der Waals surface area contributed by atoms with E-state index in [4.69, 9.17) is 32.5 Å². The van der Waals surface area contributed by atoms with Crippen LogP contribution in [0, 0.1) is 6.92 Å². The largest absolute Gasteiger partial charge is 0.444 e. The molecule has 0 aliphatic heterocycles. The zero-order chi connectivity index (χ0) is 19.4. The van der Waals surface area contributed by atoms with Crippen molar-refractivity contribution in [3.63, 3.8) is 0 Å². The summed E-state index contributed by atoms with van der Waals surface area (Å²) in [4.78, 5) is 25.2. The van der Waals surface area contributed by atoms with Crippen LogP contribution in [0.15, 0.2) is 59.1 Å². The van der Waals surface area contributed by atoms with Gasteiger partial charge in [0.1, 0.15) is 5.76 Å². The lowest BCUT2D eigenvalue weighted by Crippen LogP contribution is -2.26. The molecule has 0 aliphatic carbocycles. The van der Waals surface area contributed by atoms with Crippen molar-refractivity contribution in [2.45, 2.75) is 13.0 Å². The minimum absolute atomic E-state index is 0.176. The van der Waals surface area contributed by atoms with Gasteiger partial charge in [-0.25, -0.2) is 4.79 Å². The number of carbonyl (C=O) groups is 2. The number of hydrogen-bond donors (Lipinski definition) is 1. The minimum atomic E-state index is -1.19. The summed E-state index contributed by atoms with van der Waals surface area (Å²) in [6.45, 7) is 1.70. The molecule has 6 nitrogen and oxygen atoms in total. The van der Waals surface area contributed by atoms with Crippen molar-refractivity contribution in [3.8, 4) is 0 Å². The molecule has 0 saturated carbocycles. The Kier molecular flexibility index (Phi) is 5.78. The van der Waals surface area contributed by atoms with E-state index in [9.17, 15) is 9.59 Å². The molecule has 1 atom stereocenters. The molecule has 0 fully saturated rings. The Morgan fingerprint density at radius 2 is 1.81 bits per heavy atom. The summed E-state index contributed by atoms with van der Waals surface area (Å²) >= 11 is 11.8. The van der Waals surface area contributed by atoms with Crippen LogP contribution in [-0.4, -0.2) is 17.0 Å². The average molecular weight is 405 g/mol. The fourth-order valence-corrected chi connectivity index (χ4v) is 2.61. The highest BCUT2D eigenvalue weighted by Gasteiger charge is 2.26. The Labute approximate surface area is 165 Å². The fraction of sp³-hybridized carbons (Fsp3) is 0.105. The number of rotatable bonds is 5. The Morgan fingerprint density at radius 3 is 2.44 bits per heavy atom. The van der Waals surface area contributed by atoms with Gasteiger partial charge in [-0.15, -0.1) is 0 Å². The molecule has 1 amide bonds. The number of nitrogens with one attached hydrogen (secondary N) is 1. The molecule has 1 N–H and O–H groups in total. The van der Waals surface area contributed by atoms with Crippen LogP contribution in [0.3, 0.4) is 0 Å². The molecular formula is C19H14Cl2N2O4. The van der Waals surface area contributed by atoms with E-state index in [0.717, 1.165) is 0 Å². The number of aromatic nitrogens is 1. The zero-order valence-corrected chi connectivity index (χ0v) is 15.6. The third kappa shape index (κ3) is 4.67. The summed E-state index contributed by atoms with van der Waals surface area (Å²) in [6.07, 6.45) is -1.19. The van der Waals surface area contributed by atoms with Crippen LogP contribution in [-0.2, 0) is 9.53 Å². The molecule has 2 aromatic carbocycles. The second-order valence-corrected chi connectivity index (χ2v) is 6.45. The minimum Gasteiger partial charge on any atom is -0.444 e. The normalized spacial score (nSPS) is 11.7. The second-order valence-electron chi connectivity index (χ2n) is 5.64. The first kappa shape index (κ1) is 18.9. The standard InChI is InChI=1S/C19H14Cl2N2O4/c1-11-9-16(23-27-11)22-18(24)17(12-5-3-2-4-6-12)26-19(25)13-7-8-14(20)15(21)10-13/h2-10,17H,1H3,(H,22,23,24). The van der Waals surface area contributed by atoms with Crippen molar-refractivity contribution in [2.24, 2.45) is 0 Å². The number of esters is 1. The maximum Gasteiger partial charge on any atom is 0.339 e. The van der Waals surface area contributed by atoms with Crippen molar-refractivity contribution in [2.75, 3.05) is 5.32 Å². The maximum absolute atomic E-state index is 12.7. The van der Waals surface area contributed by atoms with Crippen molar-refractivity contribution >= 4 is 40.9 Å². The van der Waals surface area contributed by atoms with Gasteiger partial charge in [-0.2, -0.15) is 0 Å². The molecular weight excluding hydrogens is 391 g/mol. The summed E-state index contributed by atoms with van der Waals surface area (Å²) in [7, 11) is 0. The number of halogens is 2. The van der Waals surface area contributed by atoms with Crippen LogP contribution in [0.2, 0.25) is 10.0 Å². The van der Waals surface area contributed by atoms with Crippen molar-refractivity contribution in [1.29, 1.82) is 0 Å². The smallest absolute Gasteiger partial charge is 0.339 e. The molecule has 0 aliphatic rings. The number of hydrogen-bond acceptors (Lipinski definition) is 5. The predicted octanol–water partition coefficient (Wildman–Crippen LogP) is 4.83. The molecule has 1 aromatic heterocycles. The quantitative estimate of drug-likeness (QED) is 0.615. The Balaban J connectivity index is 1.84. The van der Waals surface area contributed by atoms with Crippen LogP contribution >= 0.6 is 23.2 Å². The van der Waals surface area contributed by atoms with E-state index in [1.807, 2.05) is 0 Å². The molecule has 0 bridgehead atoms. The number of nitrogens with zero attached hydrogens (tertiary/aromatic N) is 1. The maximum atomic E-state index is 12.7. The van der Waals surface area contributed by atoms with Gasteiger partial charge in [0, 0.05) is 11.6 Å². The van der Waals surface area contributed by atoms with Gasteiger partial charge in [0.2, 0.25) is 6.10 Å². The van der Waals surface area contributed by atoms with Gasteiger partial charge in [0.05, 0.1) is 15.6 Å². The van der Waals surface area contributed by atoms with Gasteiger partial charge in [-0.05, 0) is 25.1 Å². The third-order valence-corrected chi connectivity index (χ3v) is 4.34. The van der Waals surface area contributed by atoms with Gasteiger partial charge in [0.15, 0.2) is 5.82 Å². The zero-order valence-electron chi connectivity index (χ0n) is 14.1. The van der Waals surface area contributed by atoms with Gasteiger partial charge in [-0.1, -0.05) is 58.7 Å². The van der Waals surface area contributed by atoms with Crippen LogP contribution in [0.25, 0.3) is 0 Å². The molecule has 1 heterocycles. The topological polar surface area (TPSA) is 81.4 Å². The van der Waals surface area contributed by atoms with E-state index >= 15 is 0 Å². The highest BCUT2D eigenvalue weighted by Crippen LogP contribution is 2.25. The first-order valence-corrected chi connectivity index (χ1v) is 8.65. The average Bonchev–Trinajstić information content (AvgIpc) is 3.07. The monoisotopic (exact) mass is 404 g/mol. The highest BCUT2D eigenvalue weighted by molar-refractivity contribution is 6.42. The van der Waals surface area contributed by atoms with Gasteiger partial charge in [-0.3, -0.25) is 4.79 Å². The van der Waals surface area contributed by atoms with Gasteiger partial charge in [0.25, 0.3) is 5.91 Å². The van der Waals surface area contributed by atoms with Gasteiger partial charge < -0.3 is 14.6 Å². The Morgan fingerprint density at radius 1 is 1.07 bits per heavy atom. The number of carbonyl (C=O) groups excluding carboxylic acids is 2. The van der Waals surface area contributed by atoms with E-state index in [1.54, 1.807) is 43.3 Å². The second kappa shape index (κ2) is 8.24. The fourth-order valence-electron chi connectivity index (χ4n) is 2.32. The molecule has 8 heteroatoms. The SMILES string of the molecule is Cc1cc(NC(=O)C(OC(=O)c2ccc(Cl)c(Cl)c2)c2ccccc2)no1. The summed E-state index contributed by atoms with van der Waals surface area (Å²) in [5.41, 5.74) is 0.680. The lowest BCUT2D eigenvalue weighted by Gasteiger charge is -2.17. The molecule has 0 radical (unpaired) electrons. The molecule has 3 rings (SSSR count). The molecule has 138 valence electrons. The van der Waals surface area contributed by atoms with Crippen LogP contribution < -0.4 is 5.32 Å². The molecule has 3 aromatic rings. The van der Waals surface area contributed by atoms with Crippen LogP contribution in [0.1, 0.15) is 27.8 Å². The van der Waals surface area contributed by atoms with Crippen LogP contribution in [0.4, 0.5) is 5.82 Å². The number of ether oxygens (including phenoxy) is 1. The lowest BCUT2D eigenvalue weighted by atomic mass is 10.1.